The molecule has 0 saturated carbocycles. The Hall–Kier alpha value is -2.29. The normalized spacial score (nSPS) is 10.4. The summed E-state index contributed by atoms with van der Waals surface area (Å²) in [6, 6.07) is 0. The third-order valence-electron chi connectivity index (χ3n) is 2.40. The fourth-order valence-corrected chi connectivity index (χ4v) is 2.18. The first-order valence-corrected chi connectivity index (χ1v) is 6.73. The first-order chi connectivity index (χ1) is 9.54. The summed E-state index contributed by atoms with van der Waals surface area (Å²) in [4.78, 5) is 26.5. The number of hydrogen-bond acceptors (Lipinski definition) is 6. The highest BCUT2D eigenvalue weighted by atomic mass is 32.1. The molecule has 2 rings (SSSR count). The Labute approximate surface area is 118 Å². The lowest BCUT2D eigenvalue weighted by atomic mass is 10.3. The first-order valence-electron chi connectivity index (χ1n) is 5.85. The monoisotopic (exact) mass is 295 g/mol. The zero-order valence-electron chi connectivity index (χ0n) is 10.7. The summed E-state index contributed by atoms with van der Waals surface area (Å²) in [5.41, 5.74) is 1.03. The first kappa shape index (κ1) is 14.1. The van der Waals surface area contributed by atoms with Gasteiger partial charge >= 0.3 is 5.97 Å². The predicted octanol–water partition coefficient (Wildman–Crippen LogP) is 0.100. The summed E-state index contributed by atoms with van der Waals surface area (Å²) >= 11 is 1.56. The summed E-state index contributed by atoms with van der Waals surface area (Å²) in [6.45, 7) is 2.04. The fourth-order valence-electron chi connectivity index (χ4n) is 1.54. The quantitative estimate of drug-likeness (QED) is 0.782. The van der Waals surface area contributed by atoms with Gasteiger partial charge in [-0.25, -0.2) is 9.67 Å². The number of thiazole rings is 1. The Balaban J connectivity index is 1.82. The van der Waals surface area contributed by atoms with E-state index in [0.29, 0.717) is 13.0 Å². The van der Waals surface area contributed by atoms with Crippen molar-refractivity contribution in [3.63, 3.8) is 0 Å². The molecule has 0 spiro atoms. The molecule has 0 unspecified atom stereocenters. The molecule has 20 heavy (non-hydrogen) atoms. The smallest absolute Gasteiger partial charge is 0.325 e. The van der Waals surface area contributed by atoms with Gasteiger partial charge in [0.2, 0.25) is 0 Å². The van der Waals surface area contributed by atoms with Gasteiger partial charge in [0.1, 0.15) is 6.54 Å². The van der Waals surface area contributed by atoms with E-state index in [2.05, 4.69) is 20.6 Å². The van der Waals surface area contributed by atoms with Gasteiger partial charge in [-0.3, -0.25) is 9.59 Å². The predicted molar refractivity (Wildman–Crippen MR) is 70.5 cm³/mol. The van der Waals surface area contributed by atoms with E-state index in [0.717, 1.165) is 15.4 Å². The number of carbonyl (C=O) groups excluding carboxylic acids is 1. The van der Waals surface area contributed by atoms with E-state index in [1.54, 1.807) is 11.3 Å². The molecule has 2 aromatic heterocycles. The Bertz CT molecular complexity index is 621. The van der Waals surface area contributed by atoms with E-state index in [9.17, 15) is 9.59 Å². The van der Waals surface area contributed by atoms with Crippen LogP contribution in [0, 0.1) is 6.92 Å². The molecule has 0 aromatic carbocycles. The highest BCUT2D eigenvalue weighted by Gasteiger charge is 2.11. The molecule has 1 amide bonds. The minimum absolute atomic E-state index is 0.0979. The molecule has 0 saturated heterocycles. The molecular formula is C11H13N5O3S. The van der Waals surface area contributed by atoms with Crippen molar-refractivity contribution >= 4 is 23.2 Å². The van der Waals surface area contributed by atoms with E-state index in [-0.39, 0.29) is 18.1 Å². The maximum Gasteiger partial charge on any atom is 0.325 e. The van der Waals surface area contributed by atoms with Crippen LogP contribution in [-0.2, 0) is 17.8 Å². The molecule has 8 nitrogen and oxygen atoms in total. The highest BCUT2D eigenvalue weighted by Crippen LogP contribution is 2.07. The second kappa shape index (κ2) is 6.24. The average molecular weight is 295 g/mol. The number of aromatic nitrogens is 4. The zero-order chi connectivity index (χ0) is 14.5. The molecule has 0 atom stereocenters. The minimum Gasteiger partial charge on any atom is -0.480 e. The van der Waals surface area contributed by atoms with Crippen molar-refractivity contribution < 1.29 is 14.7 Å². The van der Waals surface area contributed by atoms with Gasteiger partial charge in [-0.2, -0.15) is 0 Å². The van der Waals surface area contributed by atoms with Crippen LogP contribution in [0.3, 0.4) is 0 Å². The molecule has 0 aliphatic rings. The van der Waals surface area contributed by atoms with Crippen molar-refractivity contribution in [2.75, 3.05) is 6.54 Å². The number of amides is 1. The number of hydrogen-bond donors (Lipinski definition) is 2. The van der Waals surface area contributed by atoms with E-state index < -0.39 is 5.97 Å². The molecule has 0 fully saturated rings. The lowest BCUT2D eigenvalue weighted by Gasteiger charge is -2.00. The maximum absolute atomic E-state index is 11.7. The number of rotatable bonds is 6. The molecule has 2 N–H and O–H groups in total. The summed E-state index contributed by atoms with van der Waals surface area (Å²) in [5.74, 6) is -1.42. The number of nitrogens with zero attached hydrogens (tertiary/aromatic N) is 4. The van der Waals surface area contributed by atoms with Crippen LogP contribution >= 0.6 is 11.3 Å². The van der Waals surface area contributed by atoms with Gasteiger partial charge in [0.05, 0.1) is 16.9 Å². The van der Waals surface area contributed by atoms with Crippen LogP contribution in [0.5, 0.6) is 0 Å². The van der Waals surface area contributed by atoms with Gasteiger partial charge in [-0.1, -0.05) is 5.21 Å². The second-order valence-corrected chi connectivity index (χ2v) is 5.12. The molecular weight excluding hydrogens is 282 g/mol. The van der Waals surface area contributed by atoms with Crippen LogP contribution in [-0.4, -0.2) is 43.5 Å². The van der Waals surface area contributed by atoms with E-state index in [4.69, 9.17) is 5.11 Å². The van der Waals surface area contributed by atoms with Crippen molar-refractivity contribution in [2.24, 2.45) is 0 Å². The lowest BCUT2D eigenvalue weighted by molar-refractivity contribution is -0.137. The maximum atomic E-state index is 11.7. The van der Waals surface area contributed by atoms with Crippen molar-refractivity contribution in [3.8, 4) is 0 Å². The van der Waals surface area contributed by atoms with Crippen molar-refractivity contribution in [1.29, 1.82) is 0 Å². The lowest BCUT2D eigenvalue weighted by Crippen LogP contribution is -2.26. The summed E-state index contributed by atoms with van der Waals surface area (Å²) < 4.78 is 1.10. The van der Waals surface area contributed by atoms with Gasteiger partial charge in [0.25, 0.3) is 5.91 Å². The summed E-state index contributed by atoms with van der Waals surface area (Å²) in [7, 11) is 0. The summed E-state index contributed by atoms with van der Waals surface area (Å²) in [5, 5.41) is 21.4. The van der Waals surface area contributed by atoms with Crippen LogP contribution < -0.4 is 5.32 Å². The third kappa shape index (κ3) is 3.85. The zero-order valence-corrected chi connectivity index (χ0v) is 11.6. The second-order valence-electron chi connectivity index (χ2n) is 4.06. The largest absolute Gasteiger partial charge is 0.480 e. The number of carboxylic acids is 1. The van der Waals surface area contributed by atoms with Crippen LogP contribution in [0.1, 0.15) is 21.2 Å². The van der Waals surface area contributed by atoms with E-state index in [1.807, 2.05) is 12.3 Å². The molecule has 0 bridgehead atoms. The molecule has 0 aliphatic carbocycles. The van der Waals surface area contributed by atoms with Crippen LogP contribution in [0.15, 0.2) is 11.6 Å². The molecule has 0 aliphatic heterocycles. The minimum atomic E-state index is -1.04. The fraction of sp³-hybridized carbons (Fsp3) is 0.364. The van der Waals surface area contributed by atoms with Gasteiger partial charge in [0.15, 0.2) is 5.69 Å². The topological polar surface area (TPSA) is 110 Å². The van der Waals surface area contributed by atoms with E-state index >= 15 is 0 Å². The number of aryl methyl sites for hydroxylation is 1. The van der Waals surface area contributed by atoms with Gasteiger partial charge in [-0.15, -0.1) is 16.4 Å². The van der Waals surface area contributed by atoms with Crippen LogP contribution in [0.2, 0.25) is 0 Å². The van der Waals surface area contributed by atoms with Gasteiger partial charge < -0.3 is 10.4 Å². The van der Waals surface area contributed by atoms with Crippen molar-refractivity contribution in [2.45, 2.75) is 19.9 Å². The van der Waals surface area contributed by atoms with Gasteiger partial charge in [-0.05, 0) is 6.92 Å². The molecule has 2 aromatic rings. The SMILES string of the molecule is Cc1nc(CCNC(=O)c2cn(CC(=O)O)nn2)cs1. The number of aliphatic carboxylic acids is 1. The van der Waals surface area contributed by atoms with E-state index in [1.165, 1.54) is 6.20 Å². The molecule has 106 valence electrons. The number of carboxylic acid groups (broad SMARTS) is 1. The van der Waals surface area contributed by atoms with Crippen molar-refractivity contribution in [1.82, 2.24) is 25.3 Å². The molecule has 2 heterocycles. The average Bonchev–Trinajstić information content (AvgIpc) is 2.98. The highest BCUT2D eigenvalue weighted by molar-refractivity contribution is 7.09. The number of carbonyl (C=O) groups is 2. The molecule has 0 radical (unpaired) electrons. The Kier molecular flexibility index (Phi) is 4.41. The third-order valence-corrected chi connectivity index (χ3v) is 3.22. The summed E-state index contributed by atoms with van der Waals surface area (Å²) in [6.07, 6.45) is 1.94. The van der Waals surface area contributed by atoms with Crippen molar-refractivity contribution in [3.05, 3.63) is 28.0 Å². The van der Waals surface area contributed by atoms with Crippen LogP contribution in [0.4, 0.5) is 0 Å². The number of nitrogens with one attached hydrogen (secondary N) is 1. The van der Waals surface area contributed by atoms with Gasteiger partial charge in [0, 0.05) is 18.3 Å². The van der Waals surface area contributed by atoms with Crippen LogP contribution in [0.25, 0.3) is 0 Å². The molecule has 9 heteroatoms. The standard InChI is InChI=1S/C11H13N5O3S/c1-7-13-8(6-20-7)2-3-12-11(19)9-4-16(15-14-9)5-10(17)18/h4,6H,2-3,5H2,1H3,(H,12,19)(H,17,18). The Morgan fingerprint density at radius 2 is 2.30 bits per heavy atom. The Morgan fingerprint density at radius 3 is 2.95 bits per heavy atom. The Morgan fingerprint density at radius 1 is 1.50 bits per heavy atom.